The molecule has 0 spiro atoms. The number of hydrogen-bond donors (Lipinski definition) is 7. The Balaban J connectivity index is 2.07. The molecule has 0 aromatic carbocycles. The fraction of sp³-hybridized carbons (Fsp3) is 0.455. The molecule has 0 unspecified atom stereocenters. The number of nitrogens with two attached hydrogens (primary N) is 1. The molecule has 2 aromatic rings. The summed E-state index contributed by atoms with van der Waals surface area (Å²) < 4.78 is 10.9. The van der Waals surface area contributed by atoms with Gasteiger partial charge in [-0.05, 0) is 6.42 Å². The molecule has 11 heteroatoms. The average Bonchev–Trinajstić information content (AvgIpc) is 2.81. The van der Waals surface area contributed by atoms with Crippen LogP contribution in [-0.4, -0.2) is 48.7 Å². The van der Waals surface area contributed by atoms with Crippen LogP contribution in [0.5, 0.6) is 0 Å². The summed E-state index contributed by atoms with van der Waals surface area (Å²) in [6.45, 7) is 0.000779. The highest BCUT2D eigenvalue weighted by Gasteiger charge is 2.17. The van der Waals surface area contributed by atoms with Gasteiger partial charge >= 0.3 is 7.60 Å². The second kappa shape index (κ2) is 6.59. The minimum atomic E-state index is -4.10. The Morgan fingerprint density at radius 1 is 1.45 bits per heavy atom. The first-order chi connectivity index (χ1) is 10.3. The monoisotopic (exact) mass is 331 g/mol. The van der Waals surface area contributed by atoms with Crippen molar-refractivity contribution in [3.63, 3.8) is 0 Å². The largest absolute Gasteiger partial charge is 0.395 e. The molecule has 2 rings (SSSR count). The van der Waals surface area contributed by atoms with Gasteiger partial charge in [-0.3, -0.25) is 14.3 Å². The number of aromatic amines is 2. The van der Waals surface area contributed by atoms with Crippen molar-refractivity contribution < 1.29 is 19.5 Å². The van der Waals surface area contributed by atoms with Crippen LogP contribution in [0.15, 0.2) is 11.0 Å². The van der Waals surface area contributed by atoms with Crippen molar-refractivity contribution in [3.8, 4) is 0 Å². The quantitative estimate of drug-likeness (QED) is 0.311. The maximum Gasteiger partial charge on any atom is 0.325 e. The Bertz CT molecular complexity index is 751. The molecule has 0 radical (unpaired) electrons. The van der Waals surface area contributed by atoms with Crippen LogP contribution in [-0.2, 0) is 11.1 Å². The number of fused-ring (bicyclic) bond motifs is 1. The number of hydrogen-bond acceptors (Lipinski definition) is 6. The van der Waals surface area contributed by atoms with E-state index in [2.05, 4.69) is 20.3 Å². The minimum Gasteiger partial charge on any atom is -0.395 e. The maximum absolute atomic E-state index is 11.7. The molecule has 0 aliphatic carbocycles. The van der Waals surface area contributed by atoms with E-state index in [1.165, 1.54) is 0 Å². The number of rotatable bonds is 7. The number of H-pyrrole nitrogens is 2. The molecule has 0 aliphatic rings. The summed E-state index contributed by atoms with van der Waals surface area (Å²) in [5, 5.41) is 12.2. The van der Waals surface area contributed by atoms with Gasteiger partial charge in [0, 0.05) is 24.3 Å². The lowest BCUT2D eigenvalue weighted by atomic mass is 10.2. The van der Waals surface area contributed by atoms with Gasteiger partial charge in [-0.25, -0.2) is 4.98 Å². The highest BCUT2D eigenvalue weighted by Crippen LogP contribution is 2.35. The van der Waals surface area contributed by atoms with Crippen LogP contribution >= 0.6 is 7.60 Å². The van der Waals surface area contributed by atoms with E-state index >= 15 is 0 Å². The van der Waals surface area contributed by atoms with Crippen LogP contribution in [0.25, 0.3) is 11.0 Å². The molecular formula is C11H18N5O5P. The first-order valence-electron chi connectivity index (χ1n) is 6.54. The van der Waals surface area contributed by atoms with Crippen LogP contribution in [0.4, 0.5) is 5.95 Å². The second-order valence-corrected chi connectivity index (χ2v) is 6.70. The van der Waals surface area contributed by atoms with Crippen LogP contribution in [0.1, 0.15) is 12.0 Å². The van der Waals surface area contributed by atoms with Crippen LogP contribution < -0.4 is 16.6 Å². The number of anilines is 1. The fourth-order valence-corrected chi connectivity index (χ4v) is 2.70. The summed E-state index contributed by atoms with van der Waals surface area (Å²) in [5.41, 5.74) is 6.50. The summed E-state index contributed by atoms with van der Waals surface area (Å²) in [4.78, 5) is 38.6. The normalized spacial score (nSPS) is 13.6. The smallest absolute Gasteiger partial charge is 0.325 e. The summed E-state index contributed by atoms with van der Waals surface area (Å²) >= 11 is 0. The van der Waals surface area contributed by atoms with Crippen LogP contribution in [0, 0.1) is 0 Å². The Hall–Kier alpha value is -1.71. The molecule has 2 heterocycles. The molecule has 122 valence electrons. The molecule has 0 saturated carbocycles. The number of nitrogens with zero attached hydrogens (tertiary/aromatic N) is 1. The Morgan fingerprint density at radius 3 is 2.82 bits per heavy atom. The number of nitrogens with one attached hydrogen (secondary N) is 3. The van der Waals surface area contributed by atoms with Crippen LogP contribution in [0.3, 0.4) is 0 Å². The molecule has 10 nitrogen and oxygen atoms in total. The van der Waals surface area contributed by atoms with Gasteiger partial charge in [0.1, 0.15) is 11.0 Å². The number of aliphatic hydroxyl groups is 1. The van der Waals surface area contributed by atoms with E-state index in [9.17, 15) is 14.5 Å². The first kappa shape index (κ1) is 16.7. The van der Waals surface area contributed by atoms with Gasteiger partial charge < -0.3 is 30.9 Å². The summed E-state index contributed by atoms with van der Waals surface area (Å²) in [6, 6.07) is -0.475. The fourth-order valence-electron chi connectivity index (χ4n) is 2.06. The molecule has 1 atom stereocenters. The first-order valence-corrected chi connectivity index (χ1v) is 8.34. The van der Waals surface area contributed by atoms with E-state index in [0.29, 0.717) is 16.6 Å². The van der Waals surface area contributed by atoms with Gasteiger partial charge in [-0.15, -0.1) is 0 Å². The predicted molar refractivity (Wildman–Crippen MR) is 80.4 cm³/mol. The number of aromatic nitrogens is 3. The third-order valence-corrected chi connectivity index (χ3v) is 4.04. The van der Waals surface area contributed by atoms with E-state index in [4.69, 9.17) is 15.5 Å². The van der Waals surface area contributed by atoms with E-state index in [1.807, 2.05) is 0 Å². The zero-order valence-electron chi connectivity index (χ0n) is 11.6. The van der Waals surface area contributed by atoms with Crippen LogP contribution in [0.2, 0.25) is 0 Å². The number of aliphatic hydroxyl groups excluding tert-OH is 1. The highest BCUT2D eigenvalue weighted by atomic mass is 31.2. The molecule has 2 aromatic heterocycles. The lowest BCUT2D eigenvalue weighted by Crippen LogP contribution is -2.32. The SMILES string of the molecule is Nc1nc2c(CN[C@H](CO)CCP(=O)(O)O)c[nH]c2c(=O)[nH]1. The van der Waals surface area contributed by atoms with Gasteiger partial charge in [0.15, 0.2) is 0 Å². The molecule has 0 bridgehead atoms. The number of nitrogen functional groups attached to an aromatic ring is 1. The molecule has 0 amide bonds. The maximum atomic E-state index is 11.7. The lowest BCUT2D eigenvalue weighted by Gasteiger charge is -2.16. The Morgan fingerprint density at radius 2 is 2.18 bits per heavy atom. The zero-order chi connectivity index (χ0) is 16.3. The summed E-state index contributed by atoms with van der Waals surface area (Å²) in [7, 11) is -4.10. The molecule has 0 saturated heterocycles. The topological polar surface area (TPSA) is 177 Å². The van der Waals surface area contributed by atoms with Gasteiger partial charge in [0.25, 0.3) is 5.56 Å². The van der Waals surface area contributed by atoms with Gasteiger partial charge in [-0.1, -0.05) is 0 Å². The Kier molecular flexibility index (Phi) is 4.99. The highest BCUT2D eigenvalue weighted by molar-refractivity contribution is 7.51. The van der Waals surface area contributed by atoms with E-state index in [0.717, 1.165) is 0 Å². The standard InChI is InChI=1S/C11H18N5O5P/c12-11-15-8-6(4-14-9(8)10(18)16-11)3-13-7(5-17)1-2-22(19,20)21/h4,7,13-14,17H,1-3,5H2,(H2,19,20,21)(H3,12,15,16,18)/t7-/m0/s1. The van der Waals surface area contributed by atoms with Crippen molar-refractivity contribution in [2.45, 2.75) is 19.0 Å². The van der Waals surface area contributed by atoms with E-state index in [1.54, 1.807) is 6.20 Å². The van der Waals surface area contributed by atoms with Crippen molar-refractivity contribution in [1.29, 1.82) is 0 Å². The molecule has 22 heavy (non-hydrogen) atoms. The lowest BCUT2D eigenvalue weighted by molar-refractivity contribution is 0.237. The Labute approximate surface area is 124 Å². The molecule has 0 fully saturated rings. The van der Waals surface area contributed by atoms with Gasteiger partial charge in [0.2, 0.25) is 5.95 Å². The van der Waals surface area contributed by atoms with E-state index < -0.39 is 13.6 Å². The van der Waals surface area contributed by atoms with E-state index in [-0.39, 0.29) is 37.2 Å². The molecule has 8 N–H and O–H groups in total. The average molecular weight is 331 g/mol. The molecular weight excluding hydrogens is 313 g/mol. The van der Waals surface area contributed by atoms with Crippen molar-refractivity contribution in [2.24, 2.45) is 0 Å². The summed E-state index contributed by atoms with van der Waals surface area (Å²) in [6.07, 6.45) is 1.40. The van der Waals surface area contributed by atoms with Gasteiger partial charge in [-0.2, -0.15) is 0 Å². The zero-order valence-corrected chi connectivity index (χ0v) is 12.5. The molecule has 0 aliphatic heterocycles. The van der Waals surface area contributed by atoms with Gasteiger partial charge in [0.05, 0.1) is 12.8 Å². The van der Waals surface area contributed by atoms with Crippen molar-refractivity contribution >= 4 is 24.6 Å². The third kappa shape index (κ3) is 4.15. The van der Waals surface area contributed by atoms with Crippen molar-refractivity contribution in [2.75, 3.05) is 18.5 Å². The minimum absolute atomic E-state index is 0.00134. The predicted octanol–water partition coefficient (Wildman–Crippen LogP) is -1.15. The third-order valence-electron chi connectivity index (χ3n) is 3.20. The van der Waals surface area contributed by atoms with Crippen molar-refractivity contribution in [3.05, 3.63) is 22.1 Å². The summed E-state index contributed by atoms with van der Waals surface area (Å²) in [5.74, 6) is -0.00134. The van der Waals surface area contributed by atoms with Crippen molar-refractivity contribution in [1.82, 2.24) is 20.3 Å². The second-order valence-electron chi connectivity index (χ2n) is 4.93.